The largest absolute Gasteiger partial charge is 0.465 e. The van der Waals surface area contributed by atoms with E-state index in [9.17, 15) is 14.0 Å². The van der Waals surface area contributed by atoms with Gasteiger partial charge in [-0.1, -0.05) is 18.2 Å². The maximum atomic E-state index is 14.7. The molecule has 9 nitrogen and oxygen atoms in total. The first-order valence-electron chi connectivity index (χ1n) is 12.0. The van der Waals surface area contributed by atoms with Crippen molar-refractivity contribution in [1.29, 1.82) is 0 Å². The van der Waals surface area contributed by atoms with Crippen LogP contribution in [0.15, 0.2) is 42.5 Å². The average molecular weight is 598 g/mol. The number of nitrogens with one attached hydrogen (secondary N) is 5. The normalized spacial score (nSPS) is 9.76. The fraction of sp³-hybridized carbons (Fsp3) is 0.440. The Balaban J connectivity index is 0. The van der Waals surface area contributed by atoms with Crippen LogP contribution in [0.1, 0.15) is 36.0 Å². The molecule has 0 spiro atoms. The number of amides is 2. The van der Waals surface area contributed by atoms with Crippen LogP contribution in [0, 0.1) is 5.82 Å². The third-order valence-electron chi connectivity index (χ3n) is 5.15. The van der Waals surface area contributed by atoms with Crippen LogP contribution in [-0.2, 0) is 4.74 Å². The first-order chi connectivity index (χ1) is 17.0. The van der Waals surface area contributed by atoms with Gasteiger partial charge in [0.2, 0.25) is 0 Å². The first kappa shape index (κ1) is 37.8. The molecule has 2 aromatic rings. The quantitative estimate of drug-likeness (QED) is 0.123. The number of benzene rings is 2. The van der Waals surface area contributed by atoms with Gasteiger partial charge < -0.3 is 37.1 Å². The predicted molar refractivity (Wildman–Crippen MR) is 160 cm³/mol. The number of hydrogen-bond acceptors (Lipinski definition) is 7. The third kappa shape index (κ3) is 14.6. The molecule has 0 bridgehead atoms. The summed E-state index contributed by atoms with van der Waals surface area (Å²) in [5.74, 6) is -1.26. The monoisotopic (exact) mass is 596 g/mol. The van der Waals surface area contributed by atoms with E-state index in [4.69, 9.17) is 10.5 Å². The number of rotatable bonds is 16. The topological polar surface area (TPSA) is 130 Å². The molecule has 0 radical (unpaired) electrons. The predicted octanol–water partition coefficient (Wildman–Crippen LogP) is 4.63. The number of para-hydroxylation sites is 1. The Kier molecular flexibility index (Phi) is 22.5. The Morgan fingerprint density at radius 2 is 1.42 bits per heavy atom. The van der Waals surface area contributed by atoms with E-state index in [1.165, 1.54) is 13.2 Å². The minimum absolute atomic E-state index is 0. The number of methoxy groups -OCH3 is 1. The molecule has 0 aliphatic carbocycles. The van der Waals surface area contributed by atoms with E-state index in [0.717, 1.165) is 57.9 Å². The number of unbranched alkanes of at least 4 members (excludes halogenated alkanes) is 1. The van der Waals surface area contributed by atoms with Gasteiger partial charge in [-0.15, -0.1) is 37.2 Å². The van der Waals surface area contributed by atoms with Crippen molar-refractivity contribution < 1.29 is 18.7 Å². The molecule has 0 saturated heterocycles. The molecular formula is C25H40Cl3FN6O3. The van der Waals surface area contributed by atoms with Crippen molar-refractivity contribution in [2.45, 2.75) is 25.7 Å². The lowest BCUT2D eigenvalue weighted by molar-refractivity contribution is 0.0602. The summed E-state index contributed by atoms with van der Waals surface area (Å²) in [6, 6.07) is 10.7. The van der Waals surface area contributed by atoms with Crippen molar-refractivity contribution in [3.63, 3.8) is 0 Å². The van der Waals surface area contributed by atoms with Crippen molar-refractivity contribution >= 4 is 66.3 Å². The summed E-state index contributed by atoms with van der Waals surface area (Å²) in [6.07, 6.45) is 3.95. The highest BCUT2D eigenvalue weighted by Gasteiger charge is 2.18. The number of carbonyl (C=O) groups is 2. The van der Waals surface area contributed by atoms with E-state index >= 15 is 0 Å². The van der Waals surface area contributed by atoms with Crippen LogP contribution in [-0.4, -0.2) is 58.4 Å². The number of nitrogens with two attached hydrogens (primary N) is 1. The summed E-state index contributed by atoms with van der Waals surface area (Å²) in [4.78, 5) is 24.6. The minimum Gasteiger partial charge on any atom is -0.465 e. The molecule has 0 saturated carbocycles. The number of hydrogen-bond donors (Lipinski definition) is 6. The van der Waals surface area contributed by atoms with Crippen molar-refractivity contribution in [3.8, 4) is 0 Å². The van der Waals surface area contributed by atoms with Crippen LogP contribution in [0.3, 0.4) is 0 Å². The molecular weight excluding hydrogens is 558 g/mol. The van der Waals surface area contributed by atoms with Gasteiger partial charge in [-0.3, -0.25) is 0 Å². The van der Waals surface area contributed by atoms with Crippen LogP contribution in [0.4, 0.5) is 26.2 Å². The van der Waals surface area contributed by atoms with Gasteiger partial charge in [-0.05, 0) is 76.6 Å². The highest BCUT2D eigenvalue weighted by molar-refractivity contribution is 6.05. The van der Waals surface area contributed by atoms with Gasteiger partial charge in [0.1, 0.15) is 5.82 Å². The van der Waals surface area contributed by atoms with Gasteiger partial charge in [-0.25, -0.2) is 14.0 Å². The van der Waals surface area contributed by atoms with Gasteiger partial charge in [0.05, 0.1) is 24.0 Å². The first-order valence-corrected chi connectivity index (χ1v) is 12.0. The average Bonchev–Trinajstić information content (AvgIpc) is 2.86. The lowest BCUT2D eigenvalue weighted by Crippen LogP contribution is -2.23. The van der Waals surface area contributed by atoms with Crippen LogP contribution in [0.25, 0.3) is 0 Å². The van der Waals surface area contributed by atoms with Crippen LogP contribution in [0.5, 0.6) is 0 Å². The molecule has 0 aliphatic heterocycles. The highest BCUT2D eigenvalue weighted by atomic mass is 35.5. The molecule has 0 heterocycles. The van der Waals surface area contributed by atoms with E-state index in [0.29, 0.717) is 18.8 Å². The van der Waals surface area contributed by atoms with Gasteiger partial charge in [0.15, 0.2) is 0 Å². The molecule has 0 fully saturated rings. The number of esters is 1. The minimum atomic E-state index is -0.678. The number of ether oxygens (including phenoxy) is 1. The zero-order valence-electron chi connectivity index (χ0n) is 21.5. The number of urea groups is 1. The van der Waals surface area contributed by atoms with E-state index in [1.807, 2.05) is 6.07 Å². The van der Waals surface area contributed by atoms with Crippen LogP contribution < -0.4 is 32.3 Å². The Morgan fingerprint density at radius 3 is 2.03 bits per heavy atom. The Morgan fingerprint density at radius 1 is 0.816 bits per heavy atom. The lowest BCUT2D eigenvalue weighted by atomic mass is 10.1. The summed E-state index contributed by atoms with van der Waals surface area (Å²) in [7, 11) is 1.23. The van der Waals surface area contributed by atoms with E-state index in [1.54, 1.807) is 24.3 Å². The maximum absolute atomic E-state index is 14.7. The summed E-state index contributed by atoms with van der Waals surface area (Å²) < 4.78 is 19.5. The van der Waals surface area contributed by atoms with Gasteiger partial charge in [-0.2, -0.15) is 0 Å². The van der Waals surface area contributed by atoms with Crippen molar-refractivity contribution in [2.24, 2.45) is 5.73 Å². The third-order valence-corrected chi connectivity index (χ3v) is 5.15. The molecule has 38 heavy (non-hydrogen) atoms. The Labute approximate surface area is 242 Å². The van der Waals surface area contributed by atoms with Gasteiger partial charge in [0, 0.05) is 18.3 Å². The number of anilines is 3. The van der Waals surface area contributed by atoms with Crippen molar-refractivity contribution in [2.75, 3.05) is 62.3 Å². The summed E-state index contributed by atoms with van der Waals surface area (Å²) >= 11 is 0. The van der Waals surface area contributed by atoms with E-state index in [-0.39, 0.29) is 54.2 Å². The van der Waals surface area contributed by atoms with E-state index < -0.39 is 17.8 Å². The molecule has 0 aliphatic rings. The van der Waals surface area contributed by atoms with Crippen LogP contribution in [0.2, 0.25) is 0 Å². The van der Waals surface area contributed by atoms with Crippen molar-refractivity contribution in [1.82, 2.24) is 10.6 Å². The molecule has 0 unspecified atom stereocenters. The highest BCUT2D eigenvalue weighted by Crippen LogP contribution is 2.25. The number of carbonyl (C=O) groups excluding carboxylic acids is 2. The summed E-state index contributed by atoms with van der Waals surface area (Å²) in [6.45, 7) is 4.89. The lowest BCUT2D eigenvalue weighted by Gasteiger charge is -2.15. The molecule has 216 valence electrons. The summed E-state index contributed by atoms with van der Waals surface area (Å²) in [5.41, 5.74) is 6.26. The zero-order chi connectivity index (χ0) is 25.3. The molecule has 2 amide bonds. The molecule has 0 aromatic heterocycles. The van der Waals surface area contributed by atoms with E-state index in [2.05, 4.69) is 26.6 Å². The second-order valence-electron chi connectivity index (χ2n) is 7.94. The molecule has 7 N–H and O–H groups in total. The molecule has 0 atom stereocenters. The Hall–Kier alpha value is -2.34. The van der Waals surface area contributed by atoms with Gasteiger partial charge in [0.25, 0.3) is 0 Å². The summed E-state index contributed by atoms with van der Waals surface area (Å²) in [5, 5.41) is 14.9. The number of halogens is 4. The molecule has 2 rings (SSSR count). The Bertz CT molecular complexity index is 929. The maximum Gasteiger partial charge on any atom is 0.340 e. The molecule has 2 aromatic carbocycles. The smallest absolute Gasteiger partial charge is 0.340 e. The SMILES string of the molecule is COC(=O)c1cc(NCCCNCCCCNCCCN)c(F)cc1NC(=O)Nc1ccccc1.Cl.Cl.Cl. The second kappa shape index (κ2) is 22.6. The second-order valence-corrected chi connectivity index (χ2v) is 7.94. The fourth-order valence-electron chi connectivity index (χ4n) is 3.31. The van der Waals surface area contributed by atoms with Crippen LogP contribution >= 0.6 is 37.2 Å². The van der Waals surface area contributed by atoms with Crippen molar-refractivity contribution in [3.05, 3.63) is 53.8 Å². The molecule has 13 heteroatoms. The van der Waals surface area contributed by atoms with Gasteiger partial charge >= 0.3 is 12.0 Å². The fourth-order valence-corrected chi connectivity index (χ4v) is 3.31. The standard InChI is InChI=1S/C25H37FN6O3.3ClH/c1-35-24(33)20-17-23(30-16-8-15-29-13-6-5-12-28-14-7-11-27)21(26)18-22(20)32-25(34)31-19-9-3-2-4-10-19;;;/h2-4,9-10,17-18,28-30H,5-8,11-16,27H2,1H3,(H2,31,32,34);3*1H. The zero-order valence-corrected chi connectivity index (χ0v) is 24.0.